The smallest absolute Gasteiger partial charge is 0.168 e. The molecule has 0 radical (unpaired) electrons. The first-order valence-electron chi connectivity index (χ1n) is 17.1. The molecule has 0 fully saturated rings. The van der Waals surface area contributed by atoms with Gasteiger partial charge in [-0.2, -0.15) is 9.13 Å². The van der Waals surface area contributed by atoms with Crippen LogP contribution < -0.4 is 0 Å². The van der Waals surface area contributed by atoms with Gasteiger partial charge in [0.25, 0.3) is 0 Å². The zero-order valence-corrected chi connectivity index (χ0v) is 28.8. The molecule has 0 saturated carbocycles. The molecule has 0 aliphatic rings. The van der Waals surface area contributed by atoms with Gasteiger partial charge in [-0.05, 0) is 77.2 Å². The molecule has 240 valence electrons. The van der Waals surface area contributed by atoms with E-state index < -0.39 is 0 Å². The summed E-state index contributed by atoms with van der Waals surface area (Å²) < 4.78 is 6.86. The van der Waals surface area contributed by atoms with Crippen LogP contribution >= 0.6 is 11.8 Å². The standard InChI is InChI=1S/C45H35N4S/c1-31(2)37-17-6-7-18-38(37)32-25-26-46-45(27-32)49-41-20-9-8-19-39(41)40-24-23-36(29-44(40)49)50-35-16-12-15-34(28-35)48-30-47(33-13-4-3-5-14-33)42-21-10-11-22-43(42)48/h3-31H,1-2H3/q+1. The molecule has 0 unspecified atom stereocenters. The molecule has 9 aromatic rings. The van der Waals surface area contributed by atoms with Crippen molar-refractivity contribution >= 4 is 44.6 Å². The number of aromatic nitrogens is 4. The lowest BCUT2D eigenvalue weighted by Gasteiger charge is -2.14. The van der Waals surface area contributed by atoms with Crippen molar-refractivity contribution in [2.24, 2.45) is 0 Å². The van der Waals surface area contributed by atoms with E-state index in [0.717, 1.165) is 33.7 Å². The van der Waals surface area contributed by atoms with Crippen LogP contribution in [-0.2, 0) is 0 Å². The van der Waals surface area contributed by atoms with Crippen LogP contribution in [0.3, 0.4) is 0 Å². The normalized spacial score (nSPS) is 11.7. The fourth-order valence-corrected chi connectivity index (χ4v) is 8.08. The van der Waals surface area contributed by atoms with E-state index in [1.165, 1.54) is 42.8 Å². The van der Waals surface area contributed by atoms with E-state index in [4.69, 9.17) is 4.98 Å². The summed E-state index contributed by atoms with van der Waals surface area (Å²) in [6.45, 7) is 4.51. The molecule has 3 aromatic heterocycles. The Morgan fingerprint density at radius 2 is 1.20 bits per heavy atom. The lowest BCUT2D eigenvalue weighted by atomic mass is 9.93. The van der Waals surface area contributed by atoms with E-state index >= 15 is 0 Å². The van der Waals surface area contributed by atoms with E-state index in [-0.39, 0.29) is 0 Å². The molecule has 0 aliphatic heterocycles. The van der Waals surface area contributed by atoms with Crippen molar-refractivity contribution in [3.8, 4) is 28.3 Å². The summed E-state index contributed by atoms with van der Waals surface area (Å²) in [5.74, 6) is 1.35. The quantitative estimate of drug-likeness (QED) is 0.159. The minimum absolute atomic E-state index is 0.426. The second kappa shape index (κ2) is 12.5. The molecule has 3 heterocycles. The van der Waals surface area contributed by atoms with Crippen LogP contribution in [0.1, 0.15) is 25.3 Å². The van der Waals surface area contributed by atoms with E-state index in [1.54, 1.807) is 11.8 Å². The molecular weight excluding hydrogens is 629 g/mol. The van der Waals surface area contributed by atoms with Gasteiger partial charge in [0.15, 0.2) is 17.4 Å². The van der Waals surface area contributed by atoms with Crippen LogP contribution in [0.2, 0.25) is 0 Å². The third-order valence-electron chi connectivity index (χ3n) is 9.51. The molecule has 0 aliphatic carbocycles. The Hall–Kier alpha value is -5.91. The average Bonchev–Trinajstić information content (AvgIpc) is 3.71. The number of para-hydroxylation sites is 4. The lowest BCUT2D eigenvalue weighted by molar-refractivity contribution is 0.869. The van der Waals surface area contributed by atoms with Crippen LogP contribution in [0.4, 0.5) is 0 Å². The molecule has 0 N–H and O–H groups in total. The van der Waals surface area contributed by atoms with Crippen molar-refractivity contribution in [2.75, 3.05) is 0 Å². The number of pyridine rings is 1. The maximum Gasteiger partial charge on any atom is 0.168 e. The lowest BCUT2D eigenvalue weighted by Crippen LogP contribution is -1.99. The second-order valence-electron chi connectivity index (χ2n) is 13.0. The Bertz CT molecular complexity index is 2670. The first kappa shape index (κ1) is 30.2. The van der Waals surface area contributed by atoms with E-state index in [0.29, 0.717) is 5.92 Å². The van der Waals surface area contributed by atoms with E-state index in [9.17, 15) is 0 Å². The highest BCUT2D eigenvalue weighted by Crippen LogP contribution is 2.38. The van der Waals surface area contributed by atoms with E-state index in [2.05, 4.69) is 192 Å². The van der Waals surface area contributed by atoms with Gasteiger partial charge in [-0.25, -0.2) is 4.98 Å². The predicted octanol–water partition coefficient (Wildman–Crippen LogP) is 12.1. The van der Waals surface area contributed by atoms with Crippen LogP contribution in [0, 0.1) is 0 Å². The molecule has 4 nitrogen and oxygen atoms in total. The summed E-state index contributed by atoms with van der Waals surface area (Å²) in [4.78, 5) is 7.30. The Labute approximate surface area is 295 Å². The van der Waals surface area contributed by atoms with Crippen molar-refractivity contribution in [2.45, 2.75) is 29.6 Å². The monoisotopic (exact) mass is 663 g/mol. The number of imidazole rings is 1. The van der Waals surface area contributed by atoms with Gasteiger partial charge in [0.05, 0.1) is 11.0 Å². The Morgan fingerprint density at radius 3 is 2.02 bits per heavy atom. The fourth-order valence-electron chi connectivity index (χ4n) is 7.18. The maximum atomic E-state index is 4.94. The van der Waals surface area contributed by atoms with Gasteiger partial charge < -0.3 is 0 Å². The molecule has 50 heavy (non-hydrogen) atoms. The third kappa shape index (κ3) is 5.27. The number of fused-ring (bicyclic) bond motifs is 4. The highest BCUT2D eigenvalue weighted by Gasteiger charge is 2.19. The van der Waals surface area contributed by atoms with Gasteiger partial charge in [-0.1, -0.05) is 111 Å². The summed E-state index contributed by atoms with van der Waals surface area (Å²) in [5, 5.41) is 2.44. The number of nitrogens with zero attached hydrogens (tertiary/aromatic N) is 4. The summed E-state index contributed by atoms with van der Waals surface area (Å²) in [7, 11) is 0. The Kier molecular flexibility index (Phi) is 7.55. The molecule has 6 aromatic carbocycles. The summed E-state index contributed by atoms with van der Waals surface area (Å²) in [6.07, 6.45) is 4.13. The second-order valence-corrected chi connectivity index (χ2v) is 14.1. The van der Waals surface area contributed by atoms with Gasteiger partial charge in [-0.3, -0.25) is 4.57 Å². The zero-order valence-electron chi connectivity index (χ0n) is 27.9. The molecule has 0 saturated heterocycles. The maximum absolute atomic E-state index is 4.94. The Balaban J connectivity index is 1.12. The van der Waals surface area contributed by atoms with E-state index in [1.807, 2.05) is 6.20 Å². The highest BCUT2D eigenvalue weighted by atomic mass is 32.2. The van der Waals surface area contributed by atoms with Crippen molar-refractivity contribution in [1.82, 2.24) is 18.7 Å². The number of rotatable bonds is 7. The SMILES string of the molecule is CC(C)c1ccccc1-c1ccnc(-n2c3ccccc3c3ccc(Sc4cccc(-n5[cH+]n(-c6ccccc6)c6ccccc65)c4)cc32)c1. The first-order valence-corrected chi connectivity index (χ1v) is 17.9. The van der Waals surface area contributed by atoms with Crippen molar-refractivity contribution in [1.29, 1.82) is 0 Å². The van der Waals surface area contributed by atoms with Crippen molar-refractivity contribution in [3.63, 3.8) is 0 Å². The molecular formula is C45H35N4S+. The van der Waals surface area contributed by atoms with Gasteiger partial charge in [0.1, 0.15) is 17.2 Å². The molecule has 0 spiro atoms. The molecule has 9 rings (SSSR count). The first-order chi connectivity index (χ1) is 24.6. The predicted molar refractivity (Wildman–Crippen MR) is 209 cm³/mol. The number of benzene rings is 6. The summed E-state index contributed by atoms with van der Waals surface area (Å²) in [5.41, 5.74) is 10.7. The summed E-state index contributed by atoms with van der Waals surface area (Å²) >= 11 is 1.78. The molecule has 0 bridgehead atoms. The largest absolute Gasteiger partial charge is 0.294 e. The topological polar surface area (TPSA) is 27.7 Å². The molecule has 5 heteroatoms. The minimum Gasteiger partial charge on any atom is -0.294 e. The number of hydrogen-bond donors (Lipinski definition) is 0. The van der Waals surface area contributed by atoms with Crippen LogP contribution in [0.5, 0.6) is 0 Å². The van der Waals surface area contributed by atoms with Crippen LogP contribution in [0.15, 0.2) is 180 Å². The summed E-state index contributed by atoms with van der Waals surface area (Å²) in [6, 6.07) is 56.5. The molecule has 0 atom stereocenters. The van der Waals surface area contributed by atoms with Crippen molar-refractivity contribution in [3.05, 3.63) is 176 Å². The van der Waals surface area contributed by atoms with Crippen molar-refractivity contribution < 1.29 is 0 Å². The van der Waals surface area contributed by atoms with Crippen LogP contribution in [0.25, 0.3) is 61.2 Å². The van der Waals surface area contributed by atoms with Crippen LogP contribution in [-0.4, -0.2) is 18.7 Å². The van der Waals surface area contributed by atoms with Gasteiger partial charge in [0, 0.05) is 45.0 Å². The zero-order chi connectivity index (χ0) is 33.6. The third-order valence-corrected chi connectivity index (χ3v) is 10.5. The number of hydrogen-bond acceptors (Lipinski definition) is 2. The molecule has 0 amide bonds. The highest BCUT2D eigenvalue weighted by molar-refractivity contribution is 7.99. The van der Waals surface area contributed by atoms with Gasteiger partial charge >= 0.3 is 0 Å². The fraction of sp³-hybridized carbons (Fsp3) is 0.0667. The Morgan fingerprint density at radius 1 is 0.540 bits per heavy atom. The van der Waals surface area contributed by atoms with Gasteiger partial charge in [-0.15, -0.1) is 0 Å². The average molecular weight is 664 g/mol. The minimum atomic E-state index is 0.426. The van der Waals surface area contributed by atoms with Gasteiger partial charge in [0.2, 0.25) is 0 Å².